The Balaban J connectivity index is 2.53. The van der Waals surface area contributed by atoms with Gasteiger partial charge in [0.05, 0.1) is 10.6 Å². The van der Waals surface area contributed by atoms with Crippen LogP contribution in [0, 0.1) is 6.92 Å². The Labute approximate surface area is 88.8 Å². The molecule has 0 aliphatic rings. The summed E-state index contributed by atoms with van der Waals surface area (Å²) in [7, 11) is 0. The summed E-state index contributed by atoms with van der Waals surface area (Å²) >= 11 is 4.95. The predicted molar refractivity (Wildman–Crippen MR) is 57.8 cm³/mol. The van der Waals surface area contributed by atoms with Gasteiger partial charge in [0.15, 0.2) is 4.73 Å². The predicted octanol–water partition coefficient (Wildman–Crippen LogP) is 3.28. The summed E-state index contributed by atoms with van der Waals surface area (Å²) in [6.45, 7) is 2.09. The van der Waals surface area contributed by atoms with Crippen molar-refractivity contribution in [3.63, 3.8) is 0 Å². The average Bonchev–Trinajstić information content (AvgIpc) is 2.51. The molecule has 0 aromatic carbocycles. The summed E-state index contributed by atoms with van der Waals surface area (Å²) in [4.78, 5) is 9.49. The van der Waals surface area contributed by atoms with E-state index in [0.717, 1.165) is 5.69 Å². The normalized spacial score (nSPS) is 10.3. The highest BCUT2D eigenvalue weighted by Gasteiger charge is 2.04. The smallest absolute Gasteiger partial charge is 0.197 e. The topological polar surface area (TPSA) is 25.8 Å². The van der Waals surface area contributed by atoms with Crippen LogP contribution >= 0.6 is 27.3 Å². The summed E-state index contributed by atoms with van der Waals surface area (Å²) in [5.74, 6) is 0. The number of aromatic nitrogens is 2. The largest absolute Gasteiger partial charge is 0.231 e. The Hall–Kier alpha value is -0.740. The molecule has 4 heteroatoms. The van der Waals surface area contributed by atoms with Gasteiger partial charge in [0.2, 0.25) is 0 Å². The summed E-state index contributed by atoms with van der Waals surface area (Å²) < 4.78 is 0.637. The van der Waals surface area contributed by atoms with Crippen molar-refractivity contribution in [2.24, 2.45) is 0 Å². The van der Waals surface area contributed by atoms with Gasteiger partial charge >= 0.3 is 0 Å². The average molecular weight is 255 g/mol. The maximum absolute atomic E-state index is 4.29. The third-order valence-electron chi connectivity index (χ3n) is 1.72. The van der Waals surface area contributed by atoms with Crippen LogP contribution < -0.4 is 0 Å². The van der Waals surface area contributed by atoms with E-state index in [0.29, 0.717) is 4.73 Å². The van der Waals surface area contributed by atoms with Gasteiger partial charge in [-0.2, -0.15) is 0 Å². The number of nitrogens with zero attached hydrogens (tertiary/aromatic N) is 2. The first kappa shape index (κ1) is 8.84. The molecular weight excluding hydrogens is 248 g/mol. The molecule has 2 aromatic rings. The first-order chi connectivity index (χ1) is 6.27. The molecule has 2 heterocycles. The van der Waals surface area contributed by atoms with Crippen LogP contribution in [0.5, 0.6) is 0 Å². The van der Waals surface area contributed by atoms with Gasteiger partial charge in [-0.05, 0) is 45.9 Å². The minimum Gasteiger partial charge on any atom is -0.231 e. The van der Waals surface area contributed by atoms with Crippen LogP contribution in [-0.4, -0.2) is 9.97 Å². The number of hydrogen-bond donors (Lipinski definition) is 0. The van der Waals surface area contributed by atoms with Crippen molar-refractivity contribution in [2.75, 3.05) is 0 Å². The highest BCUT2D eigenvalue weighted by atomic mass is 79.9. The van der Waals surface area contributed by atoms with E-state index >= 15 is 0 Å². The minimum atomic E-state index is 0.637. The number of aryl methyl sites for hydroxylation is 1. The zero-order valence-corrected chi connectivity index (χ0v) is 9.39. The molecule has 2 rings (SSSR count). The van der Waals surface area contributed by atoms with Crippen LogP contribution in [0.25, 0.3) is 10.6 Å². The molecule has 0 radical (unpaired) electrons. The zero-order chi connectivity index (χ0) is 9.26. The fraction of sp³-hybridized carbons (Fsp3) is 0.111. The van der Waals surface area contributed by atoms with E-state index in [9.17, 15) is 0 Å². The molecule has 2 aromatic heterocycles. The lowest BCUT2D eigenvalue weighted by Crippen LogP contribution is -1.85. The molecule has 0 fully saturated rings. The lowest BCUT2D eigenvalue weighted by atomic mass is 10.2. The van der Waals surface area contributed by atoms with Gasteiger partial charge in [-0.25, -0.2) is 9.97 Å². The first-order valence-electron chi connectivity index (χ1n) is 3.80. The summed E-state index contributed by atoms with van der Waals surface area (Å²) in [5.41, 5.74) is 2.24. The van der Waals surface area contributed by atoms with Crippen LogP contribution in [0.15, 0.2) is 28.4 Å². The lowest BCUT2D eigenvalue weighted by molar-refractivity contribution is 1.12. The standard InChI is InChI=1S/C9H7BrN2S/c1-6-3-5-13-8(6)7-2-4-11-9(10)12-7/h2-5H,1H3. The molecule has 0 unspecified atom stereocenters. The van der Waals surface area contributed by atoms with Gasteiger partial charge in [-0.15, -0.1) is 11.3 Å². The van der Waals surface area contributed by atoms with Crippen molar-refractivity contribution in [1.29, 1.82) is 0 Å². The molecular formula is C9H7BrN2S. The molecule has 0 saturated carbocycles. The van der Waals surface area contributed by atoms with Gasteiger partial charge in [-0.1, -0.05) is 0 Å². The zero-order valence-electron chi connectivity index (χ0n) is 6.99. The second kappa shape index (κ2) is 3.55. The van der Waals surface area contributed by atoms with E-state index in [2.05, 4.69) is 44.3 Å². The van der Waals surface area contributed by atoms with E-state index in [1.807, 2.05) is 6.07 Å². The summed E-state index contributed by atoms with van der Waals surface area (Å²) in [6, 6.07) is 4.01. The van der Waals surface area contributed by atoms with Gasteiger partial charge in [-0.3, -0.25) is 0 Å². The maximum atomic E-state index is 4.29. The highest BCUT2D eigenvalue weighted by Crippen LogP contribution is 2.27. The number of rotatable bonds is 1. The summed E-state index contributed by atoms with van der Waals surface area (Å²) in [5, 5.41) is 2.07. The van der Waals surface area contributed by atoms with Crippen molar-refractivity contribution in [2.45, 2.75) is 6.92 Å². The van der Waals surface area contributed by atoms with E-state index in [1.54, 1.807) is 17.5 Å². The molecule has 0 bridgehead atoms. The van der Waals surface area contributed by atoms with Crippen molar-refractivity contribution in [3.8, 4) is 10.6 Å². The van der Waals surface area contributed by atoms with Crippen molar-refractivity contribution < 1.29 is 0 Å². The molecule has 0 amide bonds. The quantitative estimate of drug-likeness (QED) is 0.731. The molecule has 0 saturated heterocycles. The second-order valence-corrected chi connectivity index (χ2v) is 4.27. The molecule has 0 N–H and O–H groups in total. The lowest BCUT2D eigenvalue weighted by Gasteiger charge is -1.97. The van der Waals surface area contributed by atoms with E-state index in [-0.39, 0.29) is 0 Å². The van der Waals surface area contributed by atoms with Crippen LogP contribution in [0.1, 0.15) is 5.56 Å². The SMILES string of the molecule is Cc1ccsc1-c1ccnc(Br)n1. The Morgan fingerprint density at radius 2 is 2.23 bits per heavy atom. The highest BCUT2D eigenvalue weighted by molar-refractivity contribution is 9.10. The van der Waals surface area contributed by atoms with Crippen LogP contribution in [0.3, 0.4) is 0 Å². The number of hydrogen-bond acceptors (Lipinski definition) is 3. The fourth-order valence-corrected chi connectivity index (χ4v) is 2.30. The van der Waals surface area contributed by atoms with Gasteiger partial charge < -0.3 is 0 Å². The van der Waals surface area contributed by atoms with Crippen LogP contribution in [0.2, 0.25) is 0 Å². The molecule has 0 atom stereocenters. The Morgan fingerprint density at radius 1 is 1.38 bits per heavy atom. The molecule has 0 spiro atoms. The molecule has 66 valence electrons. The minimum absolute atomic E-state index is 0.637. The Morgan fingerprint density at radius 3 is 2.85 bits per heavy atom. The second-order valence-electron chi connectivity index (χ2n) is 2.64. The molecule has 0 aliphatic carbocycles. The monoisotopic (exact) mass is 254 g/mol. The number of thiophene rings is 1. The van der Waals surface area contributed by atoms with Gasteiger partial charge in [0.25, 0.3) is 0 Å². The Kier molecular flexibility index (Phi) is 2.42. The van der Waals surface area contributed by atoms with Crippen molar-refractivity contribution >= 4 is 27.3 Å². The van der Waals surface area contributed by atoms with E-state index < -0.39 is 0 Å². The van der Waals surface area contributed by atoms with E-state index in [1.165, 1.54) is 10.4 Å². The van der Waals surface area contributed by atoms with E-state index in [4.69, 9.17) is 0 Å². The van der Waals surface area contributed by atoms with Crippen molar-refractivity contribution in [1.82, 2.24) is 9.97 Å². The third-order valence-corrected chi connectivity index (χ3v) is 3.14. The van der Waals surface area contributed by atoms with Crippen LogP contribution in [-0.2, 0) is 0 Å². The van der Waals surface area contributed by atoms with Gasteiger partial charge in [0.1, 0.15) is 0 Å². The fourth-order valence-electron chi connectivity index (χ4n) is 1.10. The molecule has 2 nitrogen and oxygen atoms in total. The summed E-state index contributed by atoms with van der Waals surface area (Å²) in [6.07, 6.45) is 1.76. The molecule has 0 aliphatic heterocycles. The van der Waals surface area contributed by atoms with Crippen molar-refractivity contribution in [3.05, 3.63) is 34.0 Å². The van der Waals surface area contributed by atoms with Gasteiger partial charge in [0, 0.05) is 6.20 Å². The third kappa shape index (κ3) is 1.78. The number of halogens is 1. The molecule has 13 heavy (non-hydrogen) atoms. The Bertz CT molecular complexity index is 425. The first-order valence-corrected chi connectivity index (χ1v) is 5.47. The van der Waals surface area contributed by atoms with Crippen LogP contribution in [0.4, 0.5) is 0 Å². The maximum Gasteiger partial charge on any atom is 0.197 e.